The van der Waals surface area contributed by atoms with E-state index in [1.165, 1.54) is 142 Å². The van der Waals surface area contributed by atoms with E-state index in [1.807, 2.05) is 29.1 Å². The zero-order chi connectivity index (χ0) is 60.1. The third kappa shape index (κ3) is 18.6. The first-order valence-corrected chi connectivity index (χ1v) is 43.1. The Morgan fingerprint density at radius 1 is 0.402 bits per heavy atom. The average molecular weight is 1410 g/mol. The van der Waals surface area contributed by atoms with E-state index in [2.05, 4.69) is 140 Å². The Balaban J connectivity index is 0.000000250. The van der Waals surface area contributed by atoms with Crippen LogP contribution >= 0.6 is 65.9 Å². The van der Waals surface area contributed by atoms with Gasteiger partial charge >= 0.3 is 174 Å². The topological polar surface area (TPSA) is 88.0 Å². The Morgan fingerprint density at radius 2 is 0.707 bits per heavy atom. The Kier molecular flexibility index (Phi) is 29.9. The Labute approximate surface area is 525 Å². The van der Waals surface area contributed by atoms with Crippen molar-refractivity contribution in [2.75, 3.05) is 0 Å². The van der Waals surface area contributed by atoms with Crippen molar-refractivity contribution in [2.45, 2.75) is 210 Å². The second kappa shape index (κ2) is 35.1. The summed E-state index contributed by atoms with van der Waals surface area (Å²) in [5, 5.41) is 6.96. The molecule has 7 aromatic rings. The molecular weight excluding hydrogens is 1310 g/mol. The fourth-order valence-corrected chi connectivity index (χ4v) is 34.7. The van der Waals surface area contributed by atoms with Crippen molar-refractivity contribution in [1.82, 2.24) is 18.3 Å². The van der Waals surface area contributed by atoms with Crippen LogP contribution < -0.4 is 25.1 Å². The number of rotatable bonds is 30. The van der Waals surface area contributed by atoms with E-state index in [4.69, 9.17) is 0 Å². The van der Waals surface area contributed by atoms with Gasteiger partial charge in [-0.25, -0.2) is 0 Å². The fourth-order valence-electron chi connectivity index (χ4n) is 11.7. The van der Waals surface area contributed by atoms with Gasteiger partial charge in [-0.15, -0.1) is 22.7 Å². The summed E-state index contributed by atoms with van der Waals surface area (Å²) in [7, 11) is 7.00. The van der Waals surface area contributed by atoms with Gasteiger partial charge in [0.2, 0.25) is 0 Å². The molecule has 3 atom stereocenters. The Hall–Kier alpha value is -2.82. The van der Waals surface area contributed by atoms with Gasteiger partial charge < -0.3 is 18.3 Å². The zero-order valence-corrected chi connectivity index (χ0v) is 60.9. The zero-order valence-electron chi connectivity index (χ0n) is 52.4. The molecule has 14 heteroatoms. The van der Waals surface area contributed by atoms with E-state index in [1.54, 1.807) is 76.9 Å². The van der Waals surface area contributed by atoms with Crippen LogP contribution in [0.4, 0.5) is 0 Å². The number of hydrogen-bond donors (Lipinski definition) is 0. The van der Waals surface area contributed by atoms with E-state index >= 15 is 0 Å². The summed E-state index contributed by atoms with van der Waals surface area (Å²) in [6, 6.07) is 14.3. The molecule has 0 amide bonds. The Bertz CT molecular complexity index is 3140. The van der Waals surface area contributed by atoms with Gasteiger partial charge in [0.05, 0.1) is 42.1 Å². The van der Waals surface area contributed by atoms with Crippen LogP contribution in [0.2, 0.25) is 13.3 Å². The van der Waals surface area contributed by atoms with Crippen LogP contribution in [0.3, 0.4) is 0 Å². The van der Waals surface area contributed by atoms with Crippen LogP contribution in [0, 0.1) is 17.8 Å². The van der Waals surface area contributed by atoms with E-state index in [0.717, 1.165) is 39.5 Å². The minimum Gasteiger partial charge on any atom is -0.309 e. The molecule has 0 aliphatic rings. The third-order valence-electron chi connectivity index (χ3n) is 17.4. The first kappa shape index (κ1) is 69.9. The van der Waals surface area contributed by atoms with E-state index in [-0.39, 0.29) is 22.2 Å². The summed E-state index contributed by atoms with van der Waals surface area (Å²) in [6.45, 7) is 20.9. The van der Waals surface area contributed by atoms with Crippen molar-refractivity contribution >= 4 is 109 Å². The standard InChI is InChI=1S/C34H46N2O2S2.C12H19S.C10H8Br2N2O2.3C4H9.Sn/c1-7-11-13-23(9-3)15-25-17-31(39-21-25)27-19-29-30(35(5)33(27)37)20-28(34(38)36(29)6)32-18-26(22-40-32)16-24(10-4)14-12-8-2;1-3-5-6-11(4-2)9-12-7-8-13-10-12;1-13-7-3-6(12)10(16)14(2)8(7)4-5(11)9(13)15;3*1-3-4-2;/h17-24H,7-16H2,1-6H3;7,10-11H,3-6,9H2,1-2H3;3-4H,1-2H3;3*1,3-4H2,2H3;. The largest absolute Gasteiger partial charge is 0.309 e. The first-order valence-electron chi connectivity index (χ1n) is 31.4. The smallest absolute Gasteiger partial charge is 0.265 e. The summed E-state index contributed by atoms with van der Waals surface area (Å²) in [4.78, 5) is 52.5. The predicted octanol–water partition coefficient (Wildman–Crippen LogP) is 19.5. The molecule has 0 aromatic carbocycles. The van der Waals surface area contributed by atoms with Crippen LogP contribution in [0.5, 0.6) is 0 Å². The molecule has 82 heavy (non-hydrogen) atoms. The number of unbranched alkanes of at least 4 members (excludes halogenated alkanes) is 6. The molecule has 3 unspecified atom stereocenters. The number of halogens is 2. The predicted molar refractivity (Wildman–Crippen MR) is 371 cm³/mol. The van der Waals surface area contributed by atoms with Gasteiger partial charge in [0.25, 0.3) is 22.2 Å². The molecule has 0 fully saturated rings. The number of thiophene rings is 3. The molecule has 0 bridgehead atoms. The van der Waals surface area contributed by atoms with Crippen LogP contribution in [-0.4, -0.2) is 36.6 Å². The van der Waals surface area contributed by atoms with Crippen LogP contribution in [0.25, 0.3) is 42.9 Å². The maximum atomic E-state index is 13.6. The first-order chi connectivity index (χ1) is 39.4. The van der Waals surface area contributed by atoms with Gasteiger partial charge in [-0.1, -0.05) is 79.1 Å². The molecule has 452 valence electrons. The SMILES string of the molecule is CCCCC(CC)Cc1cs[c]([Sn]([CH2]CCC)([CH2]CCC)[CH2]CCC)c1.CCCCC(CC)Cc1csc(-c2cc3c(cc(-c4cc(CC(CC)CCCC)cs4)c(=O)n3C)n(C)c2=O)c1.Cn1c(=O)c(Br)cc2c1cc(Br)c(=O)n2C. The minimum atomic E-state index is -2.18. The monoisotopic (exact) mass is 1410 g/mol. The number of aromatic nitrogens is 4. The molecule has 0 radical (unpaired) electrons. The second-order valence-electron chi connectivity index (χ2n) is 23.5. The molecule has 0 saturated heterocycles. The van der Waals surface area contributed by atoms with Gasteiger partial charge in [0.15, 0.2) is 0 Å². The second-order valence-corrected chi connectivity index (χ2v) is 42.1. The van der Waals surface area contributed by atoms with Crippen molar-refractivity contribution < 1.29 is 0 Å². The molecule has 7 aromatic heterocycles. The molecule has 0 spiro atoms. The normalized spacial score (nSPS) is 12.8. The molecule has 7 heterocycles. The molecule has 7 rings (SSSR count). The summed E-state index contributed by atoms with van der Waals surface area (Å²) >= 11 is 9.64. The van der Waals surface area contributed by atoms with E-state index in [0.29, 0.717) is 42.9 Å². The summed E-state index contributed by atoms with van der Waals surface area (Å²) < 4.78 is 14.1. The maximum Gasteiger partial charge on any atom is 0.265 e. The van der Waals surface area contributed by atoms with Gasteiger partial charge in [-0.3, -0.25) is 19.2 Å². The van der Waals surface area contributed by atoms with Crippen molar-refractivity contribution in [2.24, 2.45) is 45.9 Å². The fraction of sp³-hybridized carbons (Fsp3) is 0.588. The van der Waals surface area contributed by atoms with Crippen molar-refractivity contribution in [3.8, 4) is 20.9 Å². The molecule has 8 nitrogen and oxygen atoms in total. The number of aryl methyl sites for hydroxylation is 4. The molecular formula is C68H100Br2N4O4S3Sn. The minimum absolute atomic E-state index is 0.0166. The van der Waals surface area contributed by atoms with Crippen LogP contribution in [-0.2, 0) is 47.5 Å². The van der Waals surface area contributed by atoms with Gasteiger partial charge in [0.1, 0.15) is 0 Å². The Morgan fingerprint density at radius 3 is 1.04 bits per heavy atom. The maximum absolute atomic E-state index is 13.6. The summed E-state index contributed by atoms with van der Waals surface area (Å²) in [6.07, 6.45) is 27.4. The number of hydrogen-bond acceptors (Lipinski definition) is 7. The summed E-state index contributed by atoms with van der Waals surface area (Å²) in [5.74, 6) is 2.27. The molecule has 0 N–H and O–H groups in total. The average Bonchev–Trinajstić information content (AvgIpc) is 4.30. The van der Waals surface area contributed by atoms with Crippen LogP contribution in [0.15, 0.2) is 86.7 Å². The quantitative estimate of drug-likeness (QED) is 0.0420. The number of pyridine rings is 4. The molecule has 0 aliphatic heterocycles. The van der Waals surface area contributed by atoms with Crippen molar-refractivity contribution in [1.29, 1.82) is 0 Å². The van der Waals surface area contributed by atoms with Crippen LogP contribution in [0.1, 0.15) is 195 Å². The molecule has 0 saturated carbocycles. The van der Waals surface area contributed by atoms with E-state index < -0.39 is 18.4 Å². The molecule has 0 aliphatic carbocycles. The number of nitrogens with zero attached hydrogens (tertiary/aromatic N) is 4. The van der Waals surface area contributed by atoms with E-state index in [9.17, 15) is 19.2 Å². The summed E-state index contributed by atoms with van der Waals surface area (Å²) in [5.41, 5.74) is 8.35. The van der Waals surface area contributed by atoms with Crippen molar-refractivity contribution in [3.05, 3.63) is 126 Å². The van der Waals surface area contributed by atoms with Gasteiger partial charge in [-0.2, -0.15) is 0 Å². The van der Waals surface area contributed by atoms with Gasteiger partial charge in [0, 0.05) is 37.9 Å². The third-order valence-corrected chi connectivity index (χ3v) is 39.9. The number of fused-ring (bicyclic) bond motifs is 2. The van der Waals surface area contributed by atoms with Crippen molar-refractivity contribution in [3.63, 3.8) is 0 Å². The van der Waals surface area contributed by atoms with Gasteiger partial charge in [-0.05, 0) is 115 Å².